The van der Waals surface area contributed by atoms with Crippen molar-refractivity contribution in [3.63, 3.8) is 0 Å². The standard InChI is InChI=1S/C21H30N6O.2ClH/c22-9-14-25(12-7-19-5-2-1-3-6-19)13-8-20(28)26-15-17-27(18-16-26)21-23-10-4-11-24-21;;/h1-6,10-11H,7-9,12-18,22H2;2*1H. The number of carbonyl (C=O) groups is 1. The molecule has 0 atom stereocenters. The second-order valence-corrected chi connectivity index (χ2v) is 7.03. The zero-order valence-electron chi connectivity index (χ0n) is 17.2. The third-order valence-corrected chi connectivity index (χ3v) is 5.11. The van der Waals surface area contributed by atoms with Gasteiger partial charge in [0.1, 0.15) is 0 Å². The first-order valence-electron chi connectivity index (χ1n) is 10.0. The van der Waals surface area contributed by atoms with E-state index in [0.29, 0.717) is 13.0 Å². The first-order valence-corrected chi connectivity index (χ1v) is 10.0. The molecular weight excluding hydrogens is 423 g/mol. The summed E-state index contributed by atoms with van der Waals surface area (Å²) in [5.41, 5.74) is 7.08. The Balaban J connectivity index is 0.00000225. The first kappa shape index (κ1) is 26.1. The van der Waals surface area contributed by atoms with Crippen molar-refractivity contribution >= 4 is 36.7 Å². The average molecular weight is 455 g/mol. The van der Waals surface area contributed by atoms with Gasteiger partial charge >= 0.3 is 0 Å². The normalized spacial score (nSPS) is 13.5. The highest BCUT2D eigenvalue weighted by Crippen LogP contribution is 2.11. The number of rotatable bonds is 9. The molecule has 1 aromatic carbocycles. The summed E-state index contributed by atoms with van der Waals surface area (Å²) < 4.78 is 0. The first-order chi connectivity index (χ1) is 13.8. The highest BCUT2D eigenvalue weighted by atomic mass is 35.5. The van der Waals surface area contributed by atoms with Gasteiger partial charge in [-0.05, 0) is 18.1 Å². The molecule has 9 heteroatoms. The minimum absolute atomic E-state index is 0. The van der Waals surface area contributed by atoms with E-state index < -0.39 is 0 Å². The number of hydrogen-bond acceptors (Lipinski definition) is 6. The molecule has 0 unspecified atom stereocenters. The van der Waals surface area contributed by atoms with Crippen LogP contribution in [0, 0.1) is 0 Å². The van der Waals surface area contributed by atoms with E-state index in [1.165, 1.54) is 5.56 Å². The number of amides is 1. The summed E-state index contributed by atoms with van der Waals surface area (Å²) in [7, 11) is 0. The van der Waals surface area contributed by atoms with Crippen molar-refractivity contribution in [1.82, 2.24) is 19.8 Å². The van der Waals surface area contributed by atoms with Gasteiger partial charge in [0.2, 0.25) is 11.9 Å². The third-order valence-electron chi connectivity index (χ3n) is 5.11. The fraction of sp³-hybridized carbons (Fsp3) is 0.476. The quantitative estimate of drug-likeness (QED) is 0.622. The Bertz CT molecular complexity index is 714. The molecule has 3 rings (SSSR count). The molecule has 2 heterocycles. The molecule has 166 valence electrons. The van der Waals surface area contributed by atoms with Crippen LogP contribution in [-0.2, 0) is 11.2 Å². The van der Waals surface area contributed by atoms with Gasteiger partial charge < -0.3 is 20.4 Å². The topological polar surface area (TPSA) is 78.6 Å². The maximum Gasteiger partial charge on any atom is 0.225 e. The van der Waals surface area contributed by atoms with E-state index in [1.807, 2.05) is 17.0 Å². The molecule has 1 aliphatic heterocycles. The summed E-state index contributed by atoms with van der Waals surface area (Å²) in [5.74, 6) is 0.958. The molecule has 0 bridgehead atoms. The molecule has 30 heavy (non-hydrogen) atoms. The summed E-state index contributed by atoms with van der Waals surface area (Å²) in [5, 5.41) is 0. The molecule has 0 saturated carbocycles. The fourth-order valence-electron chi connectivity index (χ4n) is 3.47. The Morgan fingerprint density at radius 1 is 0.933 bits per heavy atom. The van der Waals surface area contributed by atoms with Crippen LogP contribution >= 0.6 is 24.8 Å². The minimum atomic E-state index is 0. The molecule has 2 N–H and O–H groups in total. The van der Waals surface area contributed by atoms with Crippen LogP contribution in [0.4, 0.5) is 5.95 Å². The second kappa shape index (κ2) is 14.1. The lowest BCUT2D eigenvalue weighted by atomic mass is 10.1. The van der Waals surface area contributed by atoms with Crippen LogP contribution in [0.25, 0.3) is 0 Å². The third kappa shape index (κ3) is 8.07. The summed E-state index contributed by atoms with van der Waals surface area (Å²) >= 11 is 0. The van der Waals surface area contributed by atoms with E-state index in [0.717, 1.165) is 58.2 Å². The monoisotopic (exact) mass is 454 g/mol. The molecular formula is C21H32Cl2N6O. The van der Waals surface area contributed by atoms with Crippen molar-refractivity contribution in [1.29, 1.82) is 0 Å². The number of benzene rings is 1. The average Bonchev–Trinajstić information content (AvgIpc) is 2.77. The van der Waals surface area contributed by atoms with E-state index in [4.69, 9.17) is 5.73 Å². The Labute approximate surface area is 191 Å². The Morgan fingerprint density at radius 2 is 1.60 bits per heavy atom. The number of anilines is 1. The molecule has 1 amide bonds. The van der Waals surface area contributed by atoms with Crippen molar-refractivity contribution in [2.75, 3.05) is 57.3 Å². The zero-order valence-corrected chi connectivity index (χ0v) is 18.9. The number of carbonyl (C=O) groups excluding carboxylic acids is 1. The van der Waals surface area contributed by atoms with Gasteiger partial charge in [0, 0.05) is 71.2 Å². The maximum atomic E-state index is 12.6. The lowest BCUT2D eigenvalue weighted by Crippen LogP contribution is -2.49. The van der Waals surface area contributed by atoms with Crippen LogP contribution in [0.5, 0.6) is 0 Å². The van der Waals surface area contributed by atoms with Crippen molar-refractivity contribution in [2.45, 2.75) is 12.8 Å². The van der Waals surface area contributed by atoms with Crippen molar-refractivity contribution in [2.24, 2.45) is 5.73 Å². The predicted octanol–water partition coefficient (Wildman–Crippen LogP) is 1.86. The molecule has 0 radical (unpaired) electrons. The molecule has 2 aromatic rings. The van der Waals surface area contributed by atoms with Crippen LogP contribution in [0.3, 0.4) is 0 Å². The van der Waals surface area contributed by atoms with Gasteiger partial charge in [-0.15, -0.1) is 24.8 Å². The SMILES string of the molecule is Cl.Cl.NCCN(CCC(=O)N1CCN(c2ncccn2)CC1)CCc1ccccc1. The van der Waals surface area contributed by atoms with E-state index in [-0.39, 0.29) is 30.7 Å². The zero-order chi connectivity index (χ0) is 19.6. The number of halogens is 2. The molecule has 1 fully saturated rings. The Hall–Kier alpha value is -1.93. The lowest BCUT2D eigenvalue weighted by molar-refractivity contribution is -0.131. The number of piperazine rings is 1. The van der Waals surface area contributed by atoms with E-state index in [1.54, 1.807) is 12.4 Å². The van der Waals surface area contributed by atoms with Gasteiger partial charge in [-0.1, -0.05) is 30.3 Å². The lowest BCUT2D eigenvalue weighted by Gasteiger charge is -2.35. The van der Waals surface area contributed by atoms with Crippen molar-refractivity contribution in [3.8, 4) is 0 Å². The highest BCUT2D eigenvalue weighted by Gasteiger charge is 2.22. The Morgan fingerprint density at radius 3 is 2.23 bits per heavy atom. The van der Waals surface area contributed by atoms with Gasteiger partial charge in [-0.25, -0.2) is 9.97 Å². The van der Waals surface area contributed by atoms with Crippen LogP contribution in [0.15, 0.2) is 48.8 Å². The molecule has 7 nitrogen and oxygen atoms in total. The largest absolute Gasteiger partial charge is 0.339 e. The van der Waals surface area contributed by atoms with Crippen LogP contribution in [-0.4, -0.2) is 78.0 Å². The predicted molar refractivity (Wildman–Crippen MR) is 126 cm³/mol. The van der Waals surface area contributed by atoms with Crippen molar-refractivity contribution in [3.05, 3.63) is 54.4 Å². The molecule has 1 aromatic heterocycles. The van der Waals surface area contributed by atoms with Gasteiger partial charge in [-0.3, -0.25) is 4.79 Å². The molecule has 1 aliphatic rings. The van der Waals surface area contributed by atoms with Gasteiger partial charge in [0.25, 0.3) is 0 Å². The number of nitrogens with two attached hydrogens (primary N) is 1. The van der Waals surface area contributed by atoms with E-state index >= 15 is 0 Å². The number of hydrogen-bond donors (Lipinski definition) is 1. The molecule has 1 saturated heterocycles. The highest BCUT2D eigenvalue weighted by molar-refractivity contribution is 5.85. The van der Waals surface area contributed by atoms with Gasteiger partial charge in [0.15, 0.2) is 0 Å². The van der Waals surface area contributed by atoms with Crippen molar-refractivity contribution < 1.29 is 4.79 Å². The molecule has 0 aliphatic carbocycles. The molecule has 0 spiro atoms. The summed E-state index contributed by atoms with van der Waals surface area (Å²) in [6.45, 7) is 6.10. The van der Waals surface area contributed by atoms with Gasteiger partial charge in [0.05, 0.1) is 0 Å². The number of nitrogens with zero attached hydrogens (tertiary/aromatic N) is 5. The second-order valence-electron chi connectivity index (χ2n) is 7.03. The minimum Gasteiger partial charge on any atom is -0.339 e. The summed E-state index contributed by atoms with van der Waals surface area (Å²) in [4.78, 5) is 27.6. The van der Waals surface area contributed by atoms with Crippen LogP contribution in [0.2, 0.25) is 0 Å². The van der Waals surface area contributed by atoms with Crippen LogP contribution in [0.1, 0.15) is 12.0 Å². The van der Waals surface area contributed by atoms with E-state index in [9.17, 15) is 4.79 Å². The van der Waals surface area contributed by atoms with E-state index in [2.05, 4.69) is 44.0 Å². The summed E-state index contributed by atoms with van der Waals surface area (Å²) in [6, 6.07) is 12.2. The maximum absolute atomic E-state index is 12.6. The Kier molecular flexibility index (Phi) is 12.3. The fourth-order valence-corrected chi connectivity index (χ4v) is 3.47. The van der Waals surface area contributed by atoms with Crippen LogP contribution < -0.4 is 10.6 Å². The summed E-state index contributed by atoms with van der Waals surface area (Å²) in [6.07, 6.45) is 5.02. The smallest absolute Gasteiger partial charge is 0.225 e. The number of aromatic nitrogens is 2. The van der Waals surface area contributed by atoms with Gasteiger partial charge in [-0.2, -0.15) is 0 Å².